The zero-order chi connectivity index (χ0) is 12.3. The van der Waals surface area contributed by atoms with Gasteiger partial charge in [-0.15, -0.1) is 0 Å². The molecule has 0 bridgehead atoms. The molecule has 0 amide bonds. The smallest absolute Gasteiger partial charge is 0.132 e. The highest BCUT2D eigenvalue weighted by Crippen LogP contribution is 2.28. The van der Waals surface area contributed by atoms with E-state index in [1.807, 2.05) is 6.92 Å². The second-order valence-electron chi connectivity index (χ2n) is 4.70. The molecule has 1 aliphatic rings. The lowest BCUT2D eigenvalue weighted by molar-refractivity contribution is 0.385. The molecule has 1 aromatic rings. The molecular weight excluding hydrogens is 212 g/mol. The molecule has 0 unspecified atom stereocenters. The molecule has 1 aromatic heterocycles. The van der Waals surface area contributed by atoms with Gasteiger partial charge < -0.3 is 10.6 Å². The molecule has 2 N–H and O–H groups in total. The second kappa shape index (κ2) is 5.45. The van der Waals surface area contributed by atoms with E-state index in [1.165, 1.54) is 19.3 Å². The molecule has 0 atom stereocenters. The first-order valence-corrected chi connectivity index (χ1v) is 6.56. The average Bonchev–Trinajstić information content (AvgIpc) is 2.25. The molecule has 17 heavy (non-hydrogen) atoms. The summed E-state index contributed by atoms with van der Waals surface area (Å²) in [5.74, 6) is 1.99. The van der Waals surface area contributed by atoms with Crippen molar-refractivity contribution < 1.29 is 0 Å². The first-order valence-electron chi connectivity index (χ1n) is 6.56. The van der Waals surface area contributed by atoms with Crippen LogP contribution in [0.25, 0.3) is 0 Å². The van der Waals surface area contributed by atoms with Crippen LogP contribution in [0.15, 0.2) is 6.07 Å². The van der Waals surface area contributed by atoms with Crippen LogP contribution in [0.2, 0.25) is 0 Å². The highest BCUT2D eigenvalue weighted by molar-refractivity contribution is 5.41. The number of hydrogen-bond donors (Lipinski definition) is 1. The number of hydrogen-bond acceptors (Lipinski definition) is 4. The Kier molecular flexibility index (Phi) is 3.94. The molecule has 94 valence electrons. The molecule has 0 radical (unpaired) electrons. The third kappa shape index (κ3) is 2.75. The summed E-state index contributed by atoms with van der Waals surface area (Å²) in [4.78, 5) is 11.4. The molecule has 0 spiro atoms. The van der Waals surface area contributed by atoms with E-state index in [2.05, 4.69) is 27.9 Å². The van der Waals surface area contributed by atoms with Crippen molar-refractivity contribution in [3.8, 4) is 0 Å². The van der Waals surface area contributed by atoms with Crippen molar-refractivity contribution >= 4 is 5.82 Å². The Hall–Kier alpha value is -1.16. The van der Waals surface area contributed by atoms with E-state index >= 15 is 0 Å². The number of aryl methyl sites for hydroxylation is 2. The summed E-state index contributed by atoms with van der Waals surface area (Å²) in [7, 11) is 0. The first-order chi connectivity index (χ1) is 8.24. The topological polar surface area (TPSA) is 55.0 Å². The fraction of sp³-hybridized carbons (Fsp3) is 0.692. The van der Waals surface area contributed by atoms with Crippen LogP contribution in [0.5, 0.6) is 0 Å². The van der Waals surface area contributed by atoms with Crippen molar-refractivity contribution in [3.05, 3.63) is 17.6 Å². The molecule has 1 aliphatic carbocycles. The van der Waals surface area contributed by atoms with Crippen LogP contribution >= 0.6 is 0 Å². The van der Waals surface area contributed by atoms with Crippen LogP contribution in [0.1, 0.15) is 37.7 Å². The molecule has 1 saturated carbocycles. The van der Waals surface area contributed by atoms with Crippen molar-refractivity contribution in [2.45, 2.75) is 45.6 Å². The number of aromatic nitrogens is 2. The van der Waals surface area contributed by atoms with Gasteiger partial charge in [-0.25, -0.2) is 9.97 Å². The lowest BCUT2D eigenvalue weighted by Crippen LogP contribution is -2.43. The van der Waals surface area contributed by atoms with Crippen LogP contribution in [0.4, 0.5) is 5.82 Å². The number of rotatable bonds is 5. The average molecular weight is 234 g/mol. The molecule has 2 rings (SSSR count). The molecule has 4 heteroatoms. The summed E-state index contributed by atoms with van der Waals surface area (Å²) in [6, 6.07) is 2.71. The van der Waals surface area contributed by atoms with Crippen LogP contribution < -0.4 is 10.6 Å². The summed E-state index contributed by atoms with van der Waals surface area (Å²) in [6.45, 7) is 5.70. The molecule has 0 saturated heterocycles. The normalized spacial score (nSPS) is 15.7. The number of anilines is 1. The Morgan fingerprint density at radius 1 is 1.41 bits per heavy atom. The van der Waals surface area contributed by atoms with Gasteiger partial charge in [0.15, 0.2) is 0 Å². The van der Waals surface area contributed by atoms with E-state index in [1.54, 1.807) is 0 Å². The first kappa shape index (κ1) is 12.3. The van der Waals surface area contributed by atoms with Crippen molar-refractivity contribution in [1.29, 1.82) is 0 Å². The monoisotopic (exact) mass is 234 g/mol. The fourth-order valence-corrected chi connectivity index (χ4v) is 2.24. The second-order valence-corrected chi connectivity index (χ2v) is 4.70. The molecule has 0 aliphatic heterocycles. The zero-order valence-corrected chi connectivity index (χ0v) is 10.8. The molecule has 0 aromatic carbocycles. The lowest BCUT2D eigenvalue weighted by Gasteiger charge is -2.38. The van der Waals surface area contributed by atoms with Crippen molar-refractivity contribution in [3.63, 3.8) is 0 Å². The Balaban J connectivity index is 2.24. The van der Waals surface area contributed by atoms with Gasteiger partial charge in [0.25, 0.3) is 0 Å². The van der Waals surface area contributed by atoms with Gasteiger partial charge in [0, 0.05) is 37.3 Å². The predicted molar refractivity (Wildman–Crippen MR) is 70.2 cm³/mol. The molecule has 4 nitrogen and oxygen atoms in total. The van der Waals surface area contributed by atoms with Gasteiger partial charge in [-0.05, 0) is 26.2 Å². The van der Waals surface area contributed by atoms with Gasteiger partial charge >= 0.3 is 0 Å². The maximum Gasteiger partial charge on any atom is 0.132 e. The molecule has 1 fully saturated rings. The maximum atomic E-state index is 5.71. The summed E-state index contributed by atoms with van der Waals surface area (Å²) in [5.41, 5.74) is 6.76. The van der Waals surface area contributed by atoms with Crippen molar-refractivity contribution in [1.82, 2.24) is 9.97 Å². The van der Waals surface area contributed by atoms with E-state index < -0.39 is 0 Å². The van der Waals surface area contributed by atoms with Gasteiger partial charge in [0.05, 0.1) is 0 Å². The fourth-order valence-electron chi connectivity index (χ4n) is 2.24. The van der Waals surface area contributed by atoms with E-state index in [0.717, 1.165) is 30.3 Å². The zero-order valence-electron chi connectivity index (χ0n) is 10.8. The van der Waals surface area contributed by atoms with Crippen molar-refractivity contribution in [2.24, 2.45) is 5.73 Å². The molecular formula is C13H22N4. The van der Waals surface area contributed by atoms with E-state index in [4.69, 9.17) is 5.73 Å². The van der Waals surface area contributed by atoms with E-state index in [-0.39, 0.29) is 0 Å². The van der Waals surface area contributed by atoms with Gasteiger partial charge in [-0.1, -0.05) is 6.92 Å². The highest BCUT2D eigenvalue weighted by atomic mass is 15.2. The highest BCUT2D eigenvalue weighted by Gasteiger charge is 2.25. The Bertz CT molecular complexity index is 374. The Morgan fingerprint density at radius 3 is 2.71 bits per heavy atom. The lowest BCUT2D eigenvalue weighted by atomic mass is 9.91. The standard InChI is InChI=1S/C13H22N4/c1-3-12-15-10(2)9-13(16-12)17(8-7-14)11-5-4-6-11/h9,11H,3-8,14H2,1-2H3. The van der Waals surface area contributed by atoms with Crippen LogP contribution in [-0.4, -0.2) is 29.1 Å². The summed E-state index contributed by atoms with van der Waals surface area (Å²) in [5, 5.41) is 0. The van der Waals surface area contributed by atoms with Crippen LogP contribution in [0, 0.1) is 6.92 Å². The van der Waals surface area contributed by atoms with Gasteiger partial charge in [0.1, 0.15) is 11.6 Å². The van der Waals surface area contributed by atoms with Gasteiger partial charge in [-0.2, -0.15) is 0 Å². The molecule has 1 heterocycles. The van der Waals surface area contributed by atoms with Crippen LogP contribution in [0.3, 0.4) is 0 Å². The van der Waals surface area contributed by atoms with Crippen LogP contribution in [-0.2, 0) is 6.42 Å². The minimum absolute atomic E-state index is 0.637. The van der Waals surface area contributed by atoms with Gasteiger partial charge in [0.2, 0.25) is 0 Å². The summed E-state index contributed by atoms with van der Waals surface area (Å²) in [6.07, 6.45) is 4.75. The van der Waals surface area contributed by atoms with Crippen molar-refractivity contribution in [2.75, 3.05) is 18.0 Å². The third-order valence-electron chi connectivity index (χ3n) is 3.38. The summed E-state index contributed by atoms with van der Waals surface area (Å²) < 4.78 is 0. The van der Waals surface area contributed by atoms with Gasteiger partial charge in [-0.3, -0.25) is 0 Å². The largest absolute Gasteiger partial charge is 0.352 e. The minimum Gasteiger partial charge on any atom is -0.352 e. The maximum absolute atomic E-state index is 5.71. The minimum atomic E-state index is 0.637. The Labute approximate surface area is 103 Å². The number of nitrogens with two attached hydrogens (primary N) is 1. The third-order valence-corrected chi connectivity index (χ3v) is 3.38. The summed E-state index contributed by atoms with van der Waals surface area (Å²) >= 11 is 0. The Morgan fingerprint density at radius 2 is 2.18 bits per heavy atom. The predicted octanol–water partition coefficient (Wildman–Crippen LogP) is 1.67. The van der Waals surface area contributed by atoms with E-state index in [0.29, 0.717) is 12.6 Å². The quantitative estimate of drug-likeness (QED) is 0.842. The van der Waals surface area contributed by atoms with E-state index in [9.17, 15) is 0 Å². The SMILES string of the molecule is CCc1nc(C)cc(N(CCN)C2CCC2)n1. The number of nitrogens with zero attached hydrogens (tertiary/aromatic N) is 3.